The van der Waals surface area contributed by atoms with Crippen LogP contribution in [0, 0.1) is 10.5 Å². The van der Waals surface area contributed by atoms with Crippen LogP contribution in [-0.2, 0) is 9.53 Å². The molecule has 0 spiro atoms. The third kappa shape index (κ3) is 5.01. The average Bonchev–Trinajstić information content (AvgIpc) is 2.31. The number of hydrogen-bond acceptors (Lipinski definition) is 3. The number of benzene rings is 1. The van der Waals surface area contributed by atoms with E-state index in [0.29, 0.717) is 5.56 Å². The Bertz CT molecular complexity index is 448. The second-order valence-corrected chi connectivity index (χ2v) is 4.85. The zero-order chi connectivity index (χ0) is 13.5. The predicted molar refractivity (Wildman–Crippen MR) is 74.7 cm³/mol. The van der Waals surface area contributed by atoms with Crippen molar-refractivity contribution in [2.45, 2.75) is 6.92 Å². The quantitative estimate of drug-likeness (QED) is 0.592. The lowest BCUT2D eigenvalue weighted by molar-refractivity contribution is -0.142. The maximum atomic E-state index is 11.8. The smallest absolute Gasteiger partial charge is 0.329 e. The van der Waals surface area contributed by atoms with Crippen molar-refractivity contribution < 1.29 is 19.4 Å². The van der Waals surface area contributed by atoms with E-state index >= 15 is 0 Å². The van der Waals surface area contributed by atoms with E-state index in [1.807, 2.05) is 25.1 Å². The second-order valence-electron chi connectivity index (χ2n) is 3.69. The van der Waals surface area contributed by atoms with Crippen LogP contribution in [0.2, 0.25) is 0 Å². The van der Waals surface area contributed by atoms with E-state index in [2.05, 4.69) is 27.9 Å². The standard InChI is InChI=1S/C12H14INO4/c1-8-2-3-10(13)9(6-8)12(17)14-4-5-18-7-11(15)16/h2-3,6H,4-5,7H2,1H3,(H,14,17)(H,15,16). The van der Waals surface area contributed by atoms with Gasteiger partial charge < -0.3 is 15.2 Å². The minimum Gasteiger partial charge on any atom is -0.480 e. The third-order valence-electron chi connectivity index (χ3n) is 2.12. The number of ether oxygens (including phenoxy) is 1. The molecule has 0 unspecified atom stereocenters. The summed E-state index contributed by atoms with van der Waals surface area (Å²) in [6, 6.07) is 5.63. The molecule has 5 nitrogen and oxygen atoms in total. The topological polar surface area (TPSA) is 75.6 Å². The summed E-state index contributed by atoms with van der Waals surface area (Å²) in [7, 11) is 0. The normalized spacial score (nSPS) is 10.1. The highest BCUT2D eigenvalue weighted by Crippen LogP contribution is 2.13. The number of carbonyl (C=O) groups excluding carboxylic acids is 1. The van der Waals surface area contributed by atoms with Crippen molar-refractivity contribution in [1.29, 1.82) is 0 Å². The predicted octanol–water partition coefficient (Wildman–Crippen LogP) is 1.43. The number of nitrogens with one attached hydrogen (secondary N) is 1. The molecule has 0 aliphatic carbocycles. The molecule has 0 saturated heterocycles. The minimum atomic E-state index is -1.02. The number of hydrogen-bond donors (Lipinski definition) is 2. The van der Waals surface area contributed by atoms with Gasteiger partial charge in [0.2, 0.25) is 0 Å². The molecule has 98 valence electrons. The van der Waals surface area contributed by atoms with Gasteiger partial charge in [0.05, 0.1) is 12.2 Å². The monoisotopic (exact) mass is 363 g/mol. The lowest BCUT2D eigenvalue weighted by Crippen LogP contribution is -2.28. The van der Waals surface area contributed by atoms with E-state index in [1.165, 1.54) is 0 Å². The van der Waals surface area contributed by atoms with Crippen molar-refractivity contribution in [3.05, 3.63) is 32.9 Å². The molecule has 6 heteroatoms. The maximum Gasteiger partial charge on any atom is 0.329 e. The van der Waals surface area contributed by atoms with Crippen molar-refractivity contribution in [3.8, 4) is 0 Å². The SMILES string of the molecule is Cc1ccc(I)c(C(=O)NCCOCC(=O)O)c1. The fourth-order valence-electron chi connectivity index (χ4n) is 1.30. The molecule has 0 aliphatic rings. The van der Waals surface area contributed by atoms with Crippen LogP contribution in [-0.4, -0.2) is 36.7 Å². The summed E-state index contributed by atoms with van der Waals surface area (Å²) in [6.07, 6.45) is 0. The van der Waals surface area contributed by atoms with Gasteiger partial charge in [0, 0.05) is 10.1 Å². The Kier molecular flexibility index (Phi) is 6.06. The number of aliphatic carboxylic acids is 1. The van der Waals surface area contributed by atoms with Gasteiger partial charge in [-0.2, -0.15) is 0 Å². The highest BCUT2D eigenvalue weighted by molar-refractivity contribution is 14.1. The summed E-state index contributed by atoms with van der Waals surface area (Å²) in [5.41, 5.74) is 1.64. The van der Waals surface area contributed by atoms with E-state index < -0.39 is 5.97 Å². The van der Waals surface area contributed by atoms with Crippen molar-refractivity contribution in [2.75, 3.05) is 19.8 Å². The number of carboxylic acid groups (broad SMARTS) is 1. The molecule has 1 aromatic carbocycles. The molecule has 0 aromatic heterocycles. The first-order valence-electron chi connectivity index (χ1n) is 5.34. The van der Waals surface area contributed by atoms with Crippen molar-refractivity contribution in [3.63, 3.8) is 0 Å². The van der Waals surface area contributed by atoms with Crippen LogP contribution in [0.1, 0.15) is 15.9 Å². The average molecular weight is 363 g/mol. The fourth-order valence-corrected chi connectivity index (χ4v) is 1.88. The first kappa shape index (κ1) is 14.9. The van der Waals surface area contributed by atoms with Gasteiger partial charge in [-0.25, -0.2) is 4.79 Å². The van der Waals surface area contributed by atoms with Gasteiger partial charge in [-0.15, -0.1) is 0 Å². The molecular formula is C12H14INO4. The first-order chi connectivity index (χ1) is 8.50. The summed E-state index contributed by atoms with van der Waals surface area (Å²) in [5, 5.41) is 11.0. The van der Waals surface area contributed by atoms with Crippen LogP contribution in [0.4, 0.5) is 0 Å². The summed E-state index contributed by atoms with van der Waals surface area (Å²) in [4.78, 5) is 22.0. The van der Waals surface area contributed by atoms with Crippen LogP contribution < -0.4 is 5.32 Å². The third-order valence-corrected chi connectivity index (χ3v) is 3.06. The molecule has 18 heavy (non-hydrogen) atoms. The van der Waals surface area contributed by atoms with E-state index in [1.54, 1.807) is 0 Å². The molecule has 0 radical (unpaired) electrons. The van der Waals surface area contributed by atoms with Crippen LogP contribution in [0.5, 0.6) is 0 Å². The summed E-state index contributed by atoms with van der Waals surface area (Å²) < 4.78 is 5.70. The number of amides is 1. The summed E-state index contributed by atoms with van der Waals surface area (Å²) in [6.45, 7) is 2.04. The molecule has 0 heterocycles. The van der Waals surface area contributed by atoms with Crippen molar-refractivity contribution in [2.24, 2.45) is 0 Å². The molecule has 0 aliphatic heterocycles. The number of carbonyl (C=O) groups is 2. The molecule has 0 saturated carbocycles. The molecule has 1 aromatic rings. The Balaban J connectivity index is 2.41. The summed E-state index contributed by atoms with van der Waals surface area (Å²) >= 11 is 2.10. The Morgan fingerprint density at radius 1 is 1.44 bits per heavy atom. The van der Waals surface area contributed by atoms with Gasteiger partial charge in [-0.1, -0.05) is 11.6 Å². The lowest BCUT2D eigenvalue weighted by atomic mass is 10.1. The molecule has 0 fully saturated rings. The number of carboxylic acids is 1. The van der Waals surface area contributed by atoms with E-state index in [9.17, 15) is 9.59 Å². The highest BCUT2D eigenvalue weighted by atomic mass is 127. The molecule has 0 atom stereocenters. The van der Waals surface area contributed by atoms with Gasteiger partial charge in [0.15, 0.2) is 0 Å². The first-order valence-corrected chi connectivity index (χ1v) is 6.42. The summed E-state index contributed by atoms with van der Waals surface area (Å²) in [5.74, 6) is -1.20. The Labute approximate surface area is 119 Å². The van der Waals surface area contributed by atoms with Gasteiger partial charge in [-0.05, 0) is 41.6 Å². The maximum absolute atomic E-state index is 11.8. The zero-order valence-corrected chi connectivity index (χ0v) is 12.1. The minimum absolute atomic E-state index is 0.179. The van der Waals surface area contributed by atoms with Gasteiger partial charge in [-0.3, -0.25) is 4.79 Å². The number of aryl methyl sites for hydroxylation is 1. The molecular weight excluding hydrogens is 349 g/mol. The van der Waals surface area contributed by atoms with Crippen molar-refractivity contribution in [1.82, 2.24) is 5.32 Å². The van der Waals surface area contributed by atoms with E-state index in [0.717, 1.165) is 9.13 Å². The van der Waals surface area contributed by atoms with E-state index in [-0.39, 0.29) is 25.7 Å². The number of halogens is 1. The van der Waals surface area contributed by atoms with Crippen LogP contribution >= 0.6 is 22.6 Å². The van der Waals surface area contributed by atoms with Crippen LogP contribution in [0.3, 0.4) is 0 Å². The molecule has 1 amide bonds. The molecule has 2 N–H and O–H groups in total. The second kappa shape index (κ2) is 7.32. The van der Waals surface area contributed by atoms with Crippen LogP contribution in [0.25, 0.3) is 0 Å². The van der Waals surface area contributed by atoms with Gasteiger partial charge >= 0.3 is 5.97 Å². The Hall–Kier alpha value is -1.15. The lowest BCUT2D eigenvalue weighted by Gasteiger charge is -2.07. The Morgan fingerprint density at radius 3 is 2.83 bits per heavy atom. The van der Waals surface area contributed by atoms with Crippen molar-refractivity contribution >= 4 is 34.5 Å². The fraction of sp³-hybridized carbons (Fsp3) is 0.333. The van der Waals surface area contributed by atoms with E-state index in [4.69, 9.17) is 9.84 Å². The van der Waals surface area contributed by atoms with Gasteiger partial charge in [0.25, 0.3) is 5.91 Å². The van der Waals surface area contributed by atoms with Gasteiger partial charge in [0.1, 0.15) is 6.61 Å². The highest BCUT2D eigenvalue weighted by Gasteiger charge is 2.09. The largest absolute Gasteiger partial charge is 0.480 e. The molecule has 1 rings (SSSR count). The zero-order valence-electron chi connectivity index (χ0n) is 9.90. The number of rotatable bonds is 6. The van der Waals surface area contributed by atoms with Crippen LogP contribution in [0.15, 0.2) is 18.2 Å². The molecule has 0 bridgehead atoms. The Morgan fingerprint density at radius 2 is 2.17 bits per heavy atom.